The van der Waals surface area contributed by atoms with Crippen molar-refractivity contribution in [3.05, 3.63) is 42.2 Å². The summed E-state index contributed by atoms with van der Waals surface area (Å²) in [5.41, 5.74) is 6.73. The van der Waals surface area contributed by atoms with Crippen LogP contribution in [0.25, 0.3) is 0 Å². The summed E-state index contributed by atoms with van der Waals surface area (Å²) in [6, 6.07) is 6.91. The Labute approximate surface area is 135 Å². The van der Waals surface area contributed by atoms with E-state index >= 15 is 0 Å². The van der Waals surface area contributed by atoms with E-state index in [1.54, 1.807) is 24.4 Å². The van der Waals surface area contributed by atoms with Crippen molar-refractivity contribution < 1.29 is 4.79 Å². The van der Waals surface area contributed by atoms with Gasteiger partial charge < -0.3 is 20.9 Å². The van der Waals surface area contributed by atoms with Gasteiger partial charge in [-0.2, -0.15) is 0 Å². The molecule has 0 bridgehead atoms. The molecule has 23 heavy (non-hydrogen) atoms. The number of anilines is 3. The van der Waals surface area contributed by atoms with E-state index in [0.29, 0.717) is 17.1 Å². The number of nitrogens with two attached hydrogens (primary N) is 1. The minimum atomic E-state index is -0.186. The van der Waals surface area contributed by atoms with Gasteiger partial charge in [-0.3, -0.25) is 4.79 Å². The molecular weight excluding hydrogens is 292 g/mol. The number of rotatable bonds is 3. The van der Waals surface area contributed by atoms with Crippen LogP contribution in [0.15, 0.2) is 36.7 Å². The highest BCUT2D eigenvalue weighted by Gasteiger charge is 2.16. The Kier molecular flexibility index (Phi) is 4.38. The van der Waals surface area contributed by atoms with Crippen LogP contribution in [0.4, 0.5) is 17.3 Å². The fraction of sp³-hybridized carbons (Fsp3) is 0.312. The molecule has 3 heterocycles. The Morgan fingerprint density at radius 2 is 1.96 bits per heavy atom. The zero-order valence-electron chi connectivity index (χ0n) is 13.1. The monoisotopic (exact) mass is 312 g/mol. The van der Waals surface area contributed by atoms with Crippen molar-refractivity contribution >= 4 is 23.2 Å². The average molecular weight is 312 g/mol. The molecule has 0 spiro atoms. The summed E-state index contributed by atoms with van der Waals surface area (Å²) in [5, 5.41) is 2.81. The molecule has 7 nitrogen and oxygen atoms in total. The summed E-state index contributed by atoms with van der Waals surface area (Å²) in [5.74, 6) is 1.07. The van der Waals surface area contributed by atoms with Gasteiger partial charge in [-0.05, 0) is 31.3 Å². The van der Waals surface area contributed by atoms with Gasteiger partial charge in [0.05, 0.1) is 11.9 Å². The van der Waals surface area contributed by atoms with Crippen LogP contribution < -0.4 is 16.0 Å². The number of amides is 1. The van der Waals surface area contributed by atoms with E-state index in [0.717, 1.165) is 32.0 Å². The molecule has 2 aromatic heterocycles. The molecule has 120 valence electrons. The zero-order valence-corrected chi connectivity index (χ0v) is 13.1. The molecule has 3 rings (SSSR count). The maximum atomic E-state index is 12.4. The number of likely N-dealkylation sites (N-methyl/N-ethyl adjacent to an activating group) is 1. The fourth-order valence-electron chi connectivity index (χ4n) is 2.45. The van der Waals surface area contributed by atoms with E-state index in [1.165, 1.54) is 6.20 Å². The molecule has 0 saturated carbocycles. The van der Waals surface area contributed by atoms with Crippen molar-refractivity contribution in [3.63, 3.8) is 0 Å². The lowest BCUT2D eigenvalue weighted by Gasteiger charge is -2.33. The van der Waals surface area contributed by atoms with Crippen LogP contribution >= 0.6 is 0 Å². The summed E-state index contributed by atoms with van der Waals surface area (Å²) in [4.78, 5) is 25.2. The first-order chi connectivity index (χ1) is 11.1. The maximum Gasteiger partial charge on any atom is 0.255 e. The fourth-order valence-corrected chi connectivity index (χ4v) is 2.45. The third kappa shape index (κ3) is 3.75. The molecule has 0 radical (unpaired) electrons. The molecule has 1 aliphatic rings. The number of carbonyl (C=O) groups is 1. The summed E-state index contributed by atoms with van der Waals surface area (Å²) < 4.78 is 0. The molecule has 1 amide bonds. The second kappa shape index (κ2) is 6.62. The smallest absolute Gasteiger partial charge is 0.255 e. The highest BCUT2D eigenvalue weighted by atomic mass is 16.1. The topological polar surface area (TPSA) is 87.4 Å². The predicted octanol–water partition coefficient (Wildman–Crippen LogP) is 1.06. The first kappa shape index (κ1) is 15.2. The third-order valence-corrected chi connectivity index (χ3v) is 3.88. The van der Waals surface area contributed by atoms with Crippen molar-refractivity contribution in [3.8, 4) is 0 Å². The minimum Gasteiger partial charge on any atom is -0.384 e. The zero-order chi connectivity index (χ0) is 16.2. The Balaban J connectivity index is 1.71. The molecule has 2 aromatic rings. The highest BCUT2D eigenvalue weighted by molar-refractivity contribution is 6.04. The number of hydrogen-bond acceptors (Lipinski definition) is 6. The second-order valence-corrected chi connectivity index (χ2v) is 5.62. The number of nitrogens with zero attached hydrogens (tertiary/aromatic N) is 4. The SMILES string of the molecule is CN1CCN(c2cc(C(=O)Nc3ccc(N)nc3)ccn2)CC1. The van der Waals surface area contributed by atoms with Crippen LogP contribution in [0.5, 0.6) is 0 Å². The van der Waals surface area contributed by atoms with Crippen LogP contribution in [0.1, 0.15) is 10.4 Å². The number of piperazine rings is 1. The third-order valence-electron chi connectivity index (χ3n) is 3.88. The first-order valence-corrected chi connectivity index (χ1v) is 7.54. The molecule has 7 heteroatoms. The summed E-state index contributed by atoms with van der Waals surface area (Å²) in [6.07, 6.45) is 3.21. The molecule has 3 N–H and O–H groups in total. The standard InChI is InChI=1S/C16H20N6O/c1-21-6-8-22(9-7-21)15-10-12(4-5-18-15)16(23)20-13-2-3-14(17)19-11-13/h2-5,10-11H,6-9H2,1H3,(H2,17,19)(H,20,23). The van der Waals surface area contributed by atoms with Crippen LogP contribution in [-0.2, 0) is 0 Å². The van der Waals surface area contributed by atoms with Crippen LogP contribution in [0, 0.1) is 0 Å². The largest absolute Gasteiger partial charge is 0.384 e. The normalized spacial score (nSPS) is 15.4. The minimum absolute atomic E-state index is 0.186. The van der Waals surface area contributed by atoms with E-state index < -0.39 is 0 Å². The van der Waals surface area contributed by atoms with Crippen molar-refractivity contribution in [1.29, 1.82) is 0 Å². The van der Waals surface area contributed by atoms with Gasteiger partial charge in [0.15, 0.2) is 0 Å². The Bertz CT molecular complexity index is 679. The molecule has 0 aliphatic carbocycles. The summed E-state index contributed by atoms with van der Waals surface area (Å²) in [6.45, 7) is 3.82. The Morgan fingerprint density at radius 3 is 2.65 bits per heavy atom. The lowest BCUT2D eigenvalue weighted by Crippen LogP contribution is -2.44. The number of aromatic nitrogens is 2. The van der Waals surface area contributed by atoms with Crippen molar-refractivity contribution in [2.24, 2.45) is 0 Å². The lowest BCUT2D eigenvalue weighted by molar-refractivity contribution is 0.102. The van der Waals surface area contributed by atoms with Crippen molar-refractivity contribution in [1.82, 2.24) is 14.9 Å². The van der Waals surface area contributed by atoms with Crippen LogP contribution in [-0.4, -0.2) is 54.0 Å². The van der Waals surface area contributed by atoms with Gasteiger partial charge in [-0.15, -0.1) is 0 Å². The molecule has 1 aliphatic heterocycles. The Hall–Kier alpha value is -2.67. The highest BCUT2D eigenvalue weighted by Crippen LogP contribution is 2.16. The van der Waals surface area contributed by atoms with Gasteiger partial charge in [0.2, 0.25) is 0 Å². The van der Waals surface area contributed by atoms with Crippen LogP contribution in [0.3, 0.4) is 0 Å². The van der Waals surface area contributed by atoms with E-state index in [4.69, 9.17) is 5.73 Å². The van der Waals surface area contributed by atoms with Gasteiger partial charge in [0, 0.05) is 37.9 Å². The summed E-state index contributed by atoms with van der Waals surface area (Å²) in [7, 11) is 2.11. The number of carbonyl (C=O) groups excluding carboxylic acids is 1. The average Bonchev–Trinajstić information content (AvgIpc) is 2.58. The molecule has 0 unspecified atom stereocenters. The van der Waals surface area contributed by atoms with E-state index in [-0.39, 0.29) is 5.91 Å². The first-order valence-electron chi connectivity index (χ1n) is 7.54. The lowest BCUT2D eigenvalue weighted by atomic mass is 10.2. The maximum absolute atomic E-state index is 12.4. The predicted molar refractivity (Wildman–Crippen MR) is 90.5 cm³/mol. The van der Waals surface area contributed by atoms with Crippen molar-refractivity contribution in [2.45, 2.75) is 0 Å². The molecule has 1 saturated heterocycles. The number of hydrogen-bond donors (Lipinski definition) is 2. The molecular formula is C16H20N6O. The van der Waals surface area contributed by atoms with E-state index in [2.05, 4.69) is 32.1 Å². The van der Waals surface area contributed by atoms with Gasteiger partial charge in [-0.25, -0.2) is 9.97 Å². The van der Waals surface area contributed by atoms with Crippen molar-refractivity contribution in [2.75, 3.05) is 49.2 Å². The molecule has 1 fully saturated rings. The van der Waals surface area contributed by atoms with Gasteiger partial charge in [0.25, 0.3) is 5.91 Å². The molecule has 0 aromatic carbocycles. The van der Waals surface area contributed by atoms with Gasteiger partial charge in [-0.1, -0.05) is 0 Å². The van der Waals surface area contributed by atoms with Gasteiger partial charge >= 0.3 is 0 Å². The van der Waals surface area contributed by atoms with Gasteiger partial charge in [0.1, 0.15) is 11.6 Å². The van der Waals surface area contributed by atoms with E-state index in [1.807, 2.05) is 6.07 Å². The van der Waals surface area contributed by atoms with E-state index in [9.17, 15) is 4.79 Å². The molecule has 0 atom stereocenters. The van der Waals surface area contributed by atoms with Crippen LogP contribution in [0.2, 0.25) is 0 Å². The number of nitrogens with one attached hydrogen (secondary N) is 1. The Morgan fingerprint density at radius 1 is 1.17 bits per heavy atom. The number of pyridine rings is 2. The second-order valence-electron chi connectivity index (χ2n) is 5.62. The number of nitrogen functional groups attached to an aromatic ring is 1. The summed E-state index contributed by atoms with van der Waals surface area (Å²) >= 11 is 0. The quantitative estimate of drug-likeness (QED) is 0.881.